The number of nitrogens with one attached hydrogen (secondary N) is 1. The molecule has 0 atom stereocenters. The van der Waals surface area contributed by atoms with Gasteiger partial charge in [0.15, 0.2) is 18.1 Å². The standard InChI is InChI=1S/C25H21ClFNO5/c1-31-22-12-11-20(14-23(22)32-2)28-24(29)15-33-25(30)21(17-5-9-19(27)10-6-17)13-16-3-7-18(26)8-4-16/h3-14H,15H2,1-2H3,(H,28,29). The molecule has 170 valence electrons. The lowest BCUT2D eigenvalue weighted by Gasteiger charge is -2.12. The number of carbonyl (C=O) groups is 2. The van der Waals surface area contributed by atoms with Crippen LogP contribution >= 0.6 is 11.6 Å². The first-order valence-electron chi connectivity index (χ1n) is 9.82. The Morgan fingerprint density at radius 1 is 0.939 bits per heavy atom. The second-order valence-corrected chi connectivity index (χ2v) is 7.25. The normalized spacial score (nSPS) is 11.0. The molecular formula is C25H21ClFNO5. The maximum atomic E-state index is 13.4. The van der Waals surface area contributed by atoms with Gasteiger partial charge in [-0.05, 0) is 53.6 Å². The number of amides is 1. The summed E-state index contributed by atoms with van der Waals surface area (Å²) in [5.74, 6) is -0.762. The molecule has 8 heteroatoms. The van der Waals surface area contributed by atoms with Crippen LogP contribution in [0.5, 0.6) is 11.5 Å². The van der Waals surface area contributed by atoms with E-state index in [0.717, 1.165) is 0 Å². The number of rotatable bonds is 8. The van der Waals surface area contributed by atoms with Gasteiger partial charge in [0.25, 0.3) is 5.91 Å². The van der Waals surface area contributed by atoms with Gasteiger partial charge in [0.05, 0.1) is 19.8 Å². The minimum absolute atomic E-state index is 0.163. The Bertz CT molecular complexity index is 1160. The predicted molar refractivity (Wildman–Crippen MR) is 125 cm³/mol. The van der Waals surface area contributed by atoms with Gasteiger partial charge in [-0.3, -0.25) is 4.79 Å². The number of ether oxygens (including phenoxy) is 3. The van der Waals surface area contributed by atoms with Crippen LogP contribution in [0.1, 0.15) is 11.1 Å². The first-order chi connectivity index (χ1) is 15.9. The van der Waals surface area contributed by atoms with Crippen molar-refractivity contribution >= 4 is 40.8 Å². The summed E-state index contributed by atoms with van der Waals surface area (Å²) in [6.07, 6.45) is 1.58. The van der Waals surface area contributed by atoms with E-state index in [1.165, 1.54) is 38.5 Å². The molecule has 3 aromatic rings. The van der Waals surface area contributed by atoms with Crippen molar-refractivity contribution in [3.05, 3.63) is 88.7 Å². The monoisotopic (exact) mass is 469 g/mol. The smallest absolute Gasteiger partial charge is 0.339 e. The molecule has 3 rings (SSSR count). The van der Waals surface area contributed by atoms with E-state index in [-0.39, 0.29) is 5.57 Å². The fourth-order valence-electron chi connectivity index (χ4n) is 2.94. The zero-order chi connectivity index (χ0) is 23.8. The van der Waals surface area contributed by atoms with Gasteiger partial charge in [0.2, 0.25) is 0 Å². The average Bonchev–Trinajstić information content (AvgIpc) is 2.82. The summed E-state index contributed by atoms with van der Waals surface area (Å²) in [6, 6.07) is 17.1. The molecule has 33 heavy (non-hydrogen) atoms. The van der Waals surface area contributed by atoms with Gasteiger partial charge in [-0.15, -0.1) is 0 Å². The highest BCUT2D eigenvalue weighted by atomic mass is 35.5. The number of hydrogen-bond acceptors (Lipinski definition) is 5. The molecular weight excluding hydrogens is 449 g/mol. The Hall–Kier alpha value is -3.84. The molecule has 0 saturated heterocycles. The first kappa shape index (κ1) is 23.8. The van der Waals surface area contributed by atoms with Crippen LogP contribution in [0.25, 0.3) is 11.6 Å². The molecule has 0 heterocycles. The van der Waals surface area contributed by atoms with E-state index in [2.05, 4.69) is 5.32 Å². The third kappa shape index (κ3) is 6.57. The number of anilines is 1. The molecule has 1 N–H and O–H groups in total. The molecule has 0 aliphatic carbocycles. The van der Waals surface area contributed by atoms with E-state index in [1.54, 1.807) is 48.5 Å². The zero-order valence-electron chi connectivity index (χ0n) is 17.9. The quantitative estimate of drug-likeness (QED) is 0.278. The Balaban J connectivity index is 1.73. The summed E-state index contributed by atoms with van der Waals surface area (Å²) in [7, 11) is 2.99. The fourth-order valence-corrected chi connectivity index (χ4v) is 3.06. The molecule has 1 amide bonds. The van der Waals surface area contributed by atoms with Gasteiger partial charge < -0.3 is 19.5 Å². The third-order valence-corrected chi connectivity index (χ3v) is 4.81. The molecule has 0 saturated carbocycles. The molecule has 6 nitrogen and oxygen atoms in total. The van der Waals surface area contributed by atoms with Crippen molar-refractivity contribution in [1.82, 2.24) is 0 Å². The highest BCUT2D eigenvalue weighted by Gasteiger charge is 2.16. The van der Waals surface area contributed by atoms with E-state index in [4.69, 9.17) is 25.8 Å². The van der Waals surface area contributed by atoms with Gasteiger partial charge in [-0.1, -0.05) is 35.9 Å². The van der Waals surface area contributed by atoms with E-state index < -0.39 is 24.3 Å². The first-order valence-corrected chi connectivity index (χ1v) is 10.2. The lowest BCUT2D eigenvalue weighted by Crippen LogP contribution is -2.21. The van der Waals surface area contributed by atoms with Crippen LogP contribution in [0.15, 0.2) is 66.7 Å². The van der Waals surface area contributed by atoms with Crippen LogP contribution in [0.2, 0.25) is 5.02 Å². The second-order valence-electron chi connectivity index (χ2n) is 6.81. The van der Waals surface area contributed by atoms with Crippen LogP contribution in [0, 0.1) is 5.82 Å². The van der Waals surface area contributed by atoms with Crippen molar-refractivity contribution in [3.8, 4) is 11.5 Å². The number of benzene rings is 3. The van der Waals surface area contributed by atoms with Crippen LogP contribution in [0.4, 0.5) is 10.1 Å². The van der Waals surface area contributed by atoms with Gasteiger partial charge >= 0.3 is 5.97 Å². The highest BCUT2D eigenvalue weighted by Crippen LogP contribution is 2.29. The Morgan fingerprint density at radius 3 is 2.24 bits per heavy atom. The number of carbonyl (C=O) groups excluding carboxylic acids is 2. The summed E-state index contributed by atoms with van der Waals surface area (Å²) >= 11 is 5.92. The molecule has 0 aromatic heterocycles. The van der Waals surface area contributed by atoms with Gasteiger partial charge in [0.1, 0.15) is 5.82 Å². The highest BCUT2D eigenvalue weighted by molar-refractivity contribution is 6.30. The second kappa shape index (κ2) is 11.2. The SMILES string of the molecule is COc1ccc(NC(=O)COC(=O)C(=Cc2ccc(Cl)cc2)c2ccc(F)cc2)cc1OC. The molecule has 0 radical (unpaired) electrons. The van der Waals surface area contributed by atoms with Crippen molar-refractivity contribution in [2.24, 2.45) is 0 Å². The van der Waals surface area contributed by atoms with Crippen LogP contribution < -0.4 is 14.8 Å². The fraction of sp³-hybridized carbons (Fsp3) is 0.120. The Labute approximate surface area is 195 Å². The maximum absolute atomic E-state index is 13.4. The van der Waals surface area contributed by atoms with Crippen molar-refractivity contribution in [1.29, 1.82) is 0 Å². The zero-order valence-corrected chi connectivity index (χ0v) is 18.7. The molecule has 0 spiro atoms. The maximum Gasteiger partial charge on any atom is 0.339 e. The topological polar surface area (TPSA) is 73.9 Å². The van der Waals surface area contributed by atoms with Gasteiger partial charge in [-0.2, -0.15) is 0 Å². The van der Waals surface area contributed by atoms with E-state index >= 15 is 0 Å². The lowest BCUT2D eigenvalue weighted by molar-refractivity contribution is -0.141. The molecule has 0 aliphatic heterocycles. The molecule has 0 unspecified atom stereocenters. The van der Waals surface area contributed by atoms with Gasteiger partial charge in [0, 0.05) is 16.8 Å². The number of halogens is 2. The van der Waals surface area contributed by atoms with Crippen LogP contribution in [-0.4, -0.2) is 32.7 Å². The van der Waals surface area contributed by atoms with E-state index in [0.29, 0.717) is 33.3 Å². The number of esters is 1. The molecule has 0 bridgehead atoms. The van der Waals surface area contributed by atoms with Crippen molar-refractivity contribution in [2.75, 3.05) is 26.1 Å². The largest absolute Gasteiger partial charge is 0.493 e. The molecule has 3 aromatic carbocycles. The summed E-state index contributed by atoms with van der Waals surface area (Å²) < 4.78 is 29.0. The average molecular weight is 470 g/mol. The van der Waals surface area contributed by atoms with Crippen molar-refractivity contribution < 1.29 is 28.2 Å². The predicted octanol–water partition coefficient (Wildman–Crippen LogP) is 5.22. The van der Waals surface area contributed by atoms with E-state index in [9.17, 15) is 14.0 Å². The minimum Gasteiger partial charge on any atom is -0.493 e. The van der Waals surface area contributed by atoms with Crippen molar-refractivity contribution in [2.45, 2.75) is 0 Å². The minimum atomic E-state index is -0.737. The van der Waals surface area contributed by atoms with Crippen molar-refractivity contribution in [3.63, 3.8) is 0 Å². The Kier molecular flexibility index (Phi) is 8.05. The summed E-state index contributed by atoms with van der Waals surface area (Å²) in [5.41, 5.74) is 1.74. The summed E-state index contributed by atoms with van der Waals surface area (Å²) in [4.78, 5) is 25.1. The number of hydrogen-bond donors (Lipinski definition) is 1. The summed E-state index contributed by atoms with van der Waals surface area (Å²) in [5, 5.41) is 3.18. The van der Waals surface area contributed by atoms with Gasteiger partial charge in [-0.25, -0.2) is 9.18 Å². The van der Waals surface area contributed by atoms with Crippen LogP contribution in [0.3, 0.4) is 0 Å². The third-order valence-electron chi connectivity index (χ3n) is 4.56. The van der Waals surface area contributed by atoms with Crippen LogP contribution in [-0.2, 0) is 14.3 Å². The Morgan fingerprint density at radius 2 is 1.61 bits per heavy atom. The summed E-state index contributed by atoms with van der Waals surface area (Å²) in [6.45, 7) is -0.521. The lowest BCUT2D eigenvalue weighted by atomic mass is 10.0. The number of methoxy groups -OCH3 is 2. The molecule has 0 aliphatic rings. The molecule has 0 fully saturated rings. The van der Waals surface area contributed by atoms with E-state index in [1.807, 2.05) is 0 Å².